The average Bonchev–Trinajstić information content (AvgIpc) is 1.37. The molecule has 0 saturated heterocycles. The topological polar surface area (TPSA) is 9.23 Å². The number of thiocarbonyl (C=S) groups is 1. The van der Waals surface area contributed by atoms with Crippen LogP contribution in [0.25, 0.3) is 0 Å². The normalized spacial score (nSPS) is 5.25. The lowest BCUT2D eigenvalue weighted by Crippen LogP contribution is -1.59. The molecule has 0 amide bonds. The maximum Gasteiger partial charge on any atom is 0.146 e. The van der Waals surface area contributed by atoms with Gasteiger partial charge in [-0.15, -0.1) is 0 Å². The molecule has 4 heavy (non-hydrogen) atoms. The predicted molar refractivity (Wildman–Crippen MR) is 20.1 cm³/mol. The zero-order valence-corrected chi connectivity index (χ0v) is 2.92. The van der Waals surface area contributed by atoms with Gasteiger partial charge in [-0.2, -0.15) is 0 Å². The highest BCUT2D eigenvalue weighted by Gasteiger charge is 1.40. The molecule has 0 bridgehead atoms. The van der Waals surface area contributed by atoms with E-state index in [0.717, 1.165) is 5.55 Å². The first-order valence-electron chi connectivity index (χ1n) is 0.760. The van der Waals surface area contributed by atoms with Gasteiger partial charge in [-0.3, -0.25) is 0 Å². The summed E-state index contributed by atoms with van der Waals surface area (Å²) in [5.41, 5.74) is 1.10. The van der Waals surface area contributed by atoms with Crippen LogP contribution in [0.1, 0.15) is 0 Å². The third-order valence-corrected chi connectivity index (χ3v) is 0.204. The summed E-state index contributed by atoms with van der Waals surface area (Å²) < 4.78 is 3.98. The summed E-state index contributed by atoms with van der Waals surface area (Å²) in [7, 11) is 2.94. The quantitative estimate of drug-likeness (QED) is 0.425. The molecule has 0 fully saturated rings. The van der Waals surface area contributed by atoms with E-state index in [1.54, 1.807) is 0 Å². The molecule has 1 radical (unpaired) electrons. The zero-order valence-electron chi connectivity index (χ0n) is 2.10. The maximum atomic E-state index is 4.14. The minimum atomic E-state index is 1.10. The third-order valence-electron chi connectivity index (χ3n) is 0.0680. The van der Waals surface area contributed by atoms with Crippen LogP contribution in [0.3, 0.4) is 0 Å². The molecule has 0 aromatic rings. The Balaban J connectivity index is 2.30. The standard InChI is InChI=1S/C2H3OS/c1-3-2-4/h2H,1H2. The lowest BCUT2D eigenvalue weighted by Gasteiger charge is -1.69. The van der Waals surface area contributed by atoms with E-state index in [1.807, 2.05) is 0 Å². The van der Waals surface area contributed by atoms with Gasteiger partial charge >= 0.3 is 0 Å². The van der Waals surface area contributed by atoms with E-state index >= 15 is 0 Å². The molecule has 23 valence electrons. The van der Waals surface area contributed by atoms with Gasteiger partial charge in [-0.05, 0) is 12.2 Å². The van der Waals surface area contributed by atoms with Crippen molar-refractivity contribution in [3.63, 3.8) is 0 Å². The van der Waals surface area contributed by atoms with Crippen molar-refractivity contribution in [1.29, 1.82) is 0 Å². The summed E-state index contributed by atoms with van der Waals surface area (Å²) in [4.78, 5) is 0. The van der Waals surface area contributed by atoms with Gasteiger partial charge in [0.25, 0.3) is 0 Å². The first-order chi connectivity index (χ1) is 1.91. The molecule has 0 aromatic heterocycles. The zero-order chi connectivity index (χ0) is 3.41. The van der Waals surface area contributed by atoms with Crippen molar-refractivity contribution in [3.05, 3.63) is 7.11 Å². The first kappa shape index (κ1) is 3.89. The Morgan fingerprint density at radius 2 is 2.25 bits per heavy atom. The van der Waals surface area contributed by atoms with Crippen molar-refractivity contribution < 1.29 is 4.74 Å². The Morgan fingerprint density at radius 1 is 2.00 bits per heavy atom. The average molecular weight is 75.1 g/mol. The van der Waals surface area contributed by atoms with Crippen LogP contribution in [0.4, 0.5) is 0 Å². The van der Waals surface area contributed by atoms with Crippen LogP contribution in [0.2, 0.25) is 0 Å². The minimum absolute atomic E-state index is 1.10. The monoisotopic (exact) mass is 75.0 g/mol. The second kappa shape index (κ2) is 2.89. The molecular formula is C2H3OS. The van der Waals surface area contributed by atoms with E-state index in [0.29, 0.717) is 0 Å². The smallest absolute Gasteiger partial charge is 0.146 e. The molecule has 0 aliphatic heterocycles. The minimum Gasteiger partial charge on any atom is -0.486 e. The molecule has 0 N–H and O–H groups in total. The lowest BCUT2D eigenvalue weighted by atomic mass is 11.5. The van der Waals surface area contributed by atoms with Gasteiger partial charge in [-0.1, -0.05) is 0 Å². The molecule has 0 unspecified atom stereocenters. The fourth-order valence-electron chi connectivity index (χ4n) is 0. The van der Waals surface area contributed by atoms with Crippen molar-refractivity contribution in [2.75, 3.05) is 0 Å². The highest BCUT2D eigenvalue weighted by Crippen LogP contribution is 1.49. The van der Waals surface area contributed by atoms with Crippen molar-refractivity contribution in [2.24, 2.45) is 0 Å². The highest BCUT2D eigenvalue weighted by molar-refractivity contribution is 7.78. The lowest BCUT2D eigenvalue weighted by molar-refractivity contribution is 0.496. The Hall–Kier alpha value is -0.110. The Morgan fingerprint density at radius 3 is 2.25 bits per heavy atom. The Bertz CT molecular complexity index is 20.0. The van der Waals surface area contributed by atoms with Crippen LogP contribution in [0, 0.1) is 7.11 Å². The van der Waals surface area contributed by atoms with Crippen LogP contribution in [0.5, 0.6) is 0 Å². The van der Waals surface area contributed by atoms with Gasteiger partial charge in [0.1, 0.15) is 12.7 Å². The van der Waals surface area contributed by atoms with Crippen LogP contribution in [-0.4, -0.2) is 5.55 Å². The second-order valence-electron chi connectivity index (χ2n) is 0.263. The summed E-state index contributed by atoms with van der Waals surface area (Å²) in [6.45, 7) is 0. The van der Waals surface area contributed by atoms with E-state index in [-0.39, 0.29) is 0 Å². The van der Waals surface area contributed by atoms with E-state index < -0.39 is 0 Å². The van der Waals surface area contributed by atoms with Crippen LogP contribution in [0.15, 0.2) is 0 Å². The maximum absolute atomic E-state index is 4.14. The van der Waals surface area contributed by atoms with E-state index in [2.05, 4.69) is 24.1 Å². The fraction of sp³-hybridized carbons (Fsp3) is 0. The molecule has 1 nitrogen and oxygen atoms in total. The summed E-state index contributed by atoms with van der Waals surface area (Å²) >= 11 is 4.14. The fourth-order valence-corrected chi connectivity index (χ4v) is 0. The molecule has 0 atom stereocenters. The van der Waals surface area contributed by atoms with Gasteiger partial charge in [0.2, 0.25) is 0 Å². The number of rotatable bonds is 1. The van der Waals surface area contributed by atoms with Crippen molar-refractivity contribution in [3.8, 4) is 0 Å². The molecule has 0 aliphatic rings. The van der Waals surface area contributed by atoms with Gasteiger partial charge in [-0.25, -0.2) is 0 Å². The third kappa shape index (κ3) is 1.89. The van der Waals surface area contributed by atoms with Crippen molar-refractivity contribution >= 4 is 17.8 Å². The largest absolute Gasteiger partial charge is 0.486 e. The van der Waals surface area contributed by atoms with E-state index in [1.165, 1.54) is 0 Å². The first-order valence-corrected chi connectivity index (χ1v) is 1.23. The van der Waals surface area contributed by atoms with Crippen LogP contribution >= 0.6 is 12.2 Å². The number of hydrogen-bond acceptors (Lipinski definition) is 2. The Kier molecular flexibility index (Phi) is 2.81. The summed E-state index contributed by atoms with van der Waals surface area (Å²) in [5, 5.41) is 0. The molecule has 0 spiro atoms. The van der Waals surface area contributed by atoms with Crippen molar-refractivity contribution in [2.45, 2.75) is 0 Å². The van der Waals surface area contributed by atoms with Crippen molar-refractivity contribution in [1.82, 2.24) is 0 Å². The molecule has 0 saturated carbocycles. The molecular weight excluding hydrogens is 72.1 g/mol. The molecule has 0 aliphatic carbocycles. The summed E-state index contributed by atoms with van der Waals surface area (Å²) in [6.07, 6.45) is 0. The van der Waals surface area contributed by atoms with Gasteiger partial charge in [0.05, 0.1) is 0 Å². The van der Waals surface area contributed by atoms with Crippen LogP contribution < -0.4 is 0 Å². The van der Waals surface area contributed by atoms with Crippen LogP contribution in [-0.2, 0) is 4.74 Å². The molecule has 2 heteroatoms. The van der Waals surface area contributed by atoms with Gasteiger partial charge < -0.3 is 4.74 Å². The molecule has 0 aromatic carbocycles. The van der Waals surface area contributed by atoms with Gasteiger partial charge in [0, 0.05) is 0 Å². The SMILES string of the molecule is [CH2]OC=S. The molecule has 0 heterocycles. The molecule has 0 rings (SSSR count). The predicted octanol–water partition coefficient (Wildman–Crippen LogP) is 0.752. The van der Waals surface area contributed by atoms with E-state index in [4.69, 9.17) is 0 Å². The number of ether oxygens (including phenoxy) is 1. The summed E-state index contributed by atoms with van der Waals surface area (Å²) in [6, 6.07) is 0. The number of hydrogen-bond donors (Lipinski definition) is 0. The highest BCUT2D eigenvalue weighted by atomic mass is 32.1. The van der Waals surface area contributed by atoms with E-state index in [9.17, 15) is 0 Å². The summed E-state index contributed by atoms with van der Waals surface area (Å²) in [5.74, 6) is 0. The van der Waals surface area contributed by atoms with Gasteiger partial charge in [0.15, 0.2) is 0 Å². The Labute approximate surface area is 30.6 Å². The second-order valence-corrected chi connectivity index (χ2v) is 0.455.